The lowest BCUT2D eigenvalue weighted by Gasteiger charge is -2.14. The zero-order valence-corrected chi connectivity index (χ0v) is 19.1. The fraction of sp³-hybridized carbons (Fsp3) is 0.136. The highest BCUT2D eigenvalue weighted by Gasteiger charge is 2.22. The number of nitrogens with one attached hydrogen (secondary N) is 1. The van der Waals surface area contributed by atoms with Gasteiger partial charge in [0.05, 0.1) is 12.6 Å². The molecule has 0 spiro atoms. The number of carbonyl (C=O) groups excluding carboxylic acids is 1. The highest BCUT2D eigenvalue weighted by Crippen LogP contribution is 2.23. The second-order valence-corrected chi connectivity index (χ2v) is 7.94. The third-order valence-electron chi connectivity index (χ3n) is 4.89. The first kappa shape index (κ1) is 22.6. The van der Waals surface area contributed by atoms with Crippen LogP contribution in [0.2, 0.25) is 10.2 Å². The first-order valence-corrected chi connectivity index (χ1v) is 10.3. The van der Waals surface area contributed by atoms with Crippen molar-refractivity contribution in [2.24, 2.45) is 0 Å². The summed E-state index contributed by atoms with van der Waals surface area (Å²) in [6, 6.07) is 8.46. The van der Waals surface area contributed by atoms with Crippen LogP contribution in [0.15, 0.2) is 41.2 Å². The number of ether oxygens (including phenoxy) is 1. The van der Waals surface area contributed by atoms with E-state index in [4.69, 9.17) is 27.9 Å². The molecule has 0 saturated carbocycles. The number of halogens is 3. The molecule has 0 aliphatic carbocycles. The van der Waals surface area contributed by atoms with E-state index < -0.39 is 22.8 Å². The molecule has 0 unspecified atom stereocenters. The first-order chi connectivity index (χ1) is 15.7. The standard InChI is InChI=1S/C22H16Cl2FN5O3/c1-10-6-16-19(26-11(10)2)21(31)20(29-30(16)15-5-4-12(23)7-14(15)25)22(32)27-13-8-17(24)28-18(9-13)33-3/h4-9H,1-3H3,(H,27,28,32). The molecule has 4 aromatic rings. The average Bonchev–Trinajstić information content (AvgIpc) is 2.75. The molecule has 0 aliphatic heterocycles. The third-order valence-corrected chi connectivity index (χ3v) is 5.32. The minimum absolute atomic E-state index is 0.00266. The van der Waals surface area contributed by atoms with Crippen molar-refractivity contribution in [2.75, 3.05) is 12.4 Å². The van der Waals surface area contributed by atoms with E-state index in [1.165, 1.54) is 31.4 Å². The van der Waals surface area contributed by atoms with Crippen molar-refractivity contribution >= 4 is 45.8 Å². The summed E-state index contributed by atoms with van der Waals surface area (Å²) < 4.78 is 21.0. The highest BCUT2D eigenvalue weighted by atomic mass is 35.5. The van der Waals surface area contributed by atoms with Crippen molar-refractivity contribution in [3.8, 4) is 11.6 Å². The van der Waals surface area contributed by atoms with Crippen LogP contribution in [-0.4, -0.2) is 32.8 Å². The van der Waals surface area contributed by atoms with E-state index >= 15 is 0 Å². The van der Waals surface area contributed by atoms with Crippen LogP contribution in [0.25, 0.3) is 16.7 Å². The Morgan fingerprint density at radius 2 is 1.88 bits per heavy atom. The number of pyridine rings is 2. The Morgan fingerprint density at radius 3 is 2.58 bits per heavy atom. The molecule has 0 bridgehead atoms. The van der Waals surface area contributed by atoms with E-state index in [1.54, 1.807) is 19.9 Å². The van der Waals surface area contributed by atoms with Gasteiger partial charge >= 0.3 is 0 Å². The fourth-order valence-electron chi connectivity index (χ4n) is 3.16. The molecular weight excluding hydrogens is 472 g/mol. The lowest BCUT2D eigenvalue weighted by atomic mass is 10.1. The van der Waals surface area contributed by atoms with Crippen molar-refractivity contribution in [1.82, 2.24) is 19.7 Å². The molecule has 0 aliphatic rings. The Morgan fingerprint density at radius 1 is 1.12 bits per heavy atom. The molecule has 3 aromatic heterocycles. The molecule has 0 atom stereocenters. The summed E-state index contributed by atoms with van der Waals surface area (Å²) in [6.45, 7) is 3.53. The van der Waals surface area contributed by atoms with Crippen LogP contribution in [0.3, 0.4) is 0 Å². The summed E-state index contributed by atoms with van der Waals surface area (Å²) in [4.78, 5) is 34.5. The van der Waals surface area contributed by atoms with Crippen LogP contribution in [0.4, 0.5) is 10.1 Å². The van der Waals surface area contributed by atoms with Gasteiger partial charge in [-0.05, 0) is 49.7 Å². The summed E-state index contributed by atoms with van der Waals surface area (Å²) in [5.41, 5.74) is 0.608. The van der Waals surface area contributed by atoms with Gasteiger partial charge in [-0.25, -0.2) is 19.0 Å². The van der Waals surface area contributed by atoms with E-state index in [2.05, 4.69) is 20.4 Å². The molecule has 0 radical (unpaired) electrons. The number of rotatable bonds is 4. The number of methoxy groups -OCH3 is 1. The van der Waals surface area contributed by atoms with Crippen molar-refractivity contribution < 1.29 is 13.9 Å². The van der Waals surface area contributed by atoms with Crippen LogP contribution in [0.1, 0.15) is 21.7 Å². The number of anilines is 1. The summed E-state index contributed by atoms with van der Waals surface area (Å²) in [5.74, 6) is -1.36. The van der Waals surface area contributed by atoms with Crippen molar-refractivity contribution in [2.45, 2.75) is 13.8 Å². The zero-order chi connectivity index (χ0) is 23.9. The second kappa shape index (κ2) is 8.76. The van der Waals surface area contributed by atoms with Gasteiger partial charge in [0.1, 0.15) is 22.2 Å². The Labute approximate surface area is 197 Å². The highest BCUT2D eigenvalue weighted by molar-refractivity contribution is 6.30. The van der Waals surface area contributed by atoms with Crippen molar-refractivity contribution in [3.63, 3.8) is 0 Å². The monoisotopic (exact) mass is 487 g/mol. The van der Waals surface area contributed by atoms with Crippen LogP contribution in [0.5, 0.6) is 5.88 Å². The van der Waals surface area contributed by atoms with E-state index in [0.29, 0.717) is 5.69 Å². The maximum absolute atomic E-state index is 14.8. The number of fused-ring (bicyclic) bond motifs is 1. The van der Waals surface area contributed by atoms with Gasteiger partial charge in [0.15, 0.2) is 5.69 Å². The summed E-state index contributed by atoms with van der Waals surface area (Å²) >= 11 is 11.8. The number of carbonyl (C=O) groups is 1. The normalized spacial score (nSPS) is 11.0. The smallest absolute Gasteiger partial charge is 0.280 e. The molecular formula is C22H16Cl2FN5O3. The van der Waals surface area contributed by atoms with E-state index in [1.807, 2.05) is 0 Å². The van der Waals surface area contributed by atoms with E-state index in [0.717, 1.165) is 16.3 Å². The number of hydrogen-bond donors (Lipinski definition) is 1. The quantitative estimate of drug-likeness (QED) is 0.425. The van der Waals surface area contributed by atoms with Gasteiger partial charge in [-0.2, -0.15) is 5.10 Å². The van der Waals surface area contributed by atoms with Gasteiger partial charge in [-0.15, -0.1) is 0 Å². The lowest BCUT2D eigenvalue weighted by Crippen LogP contribution is -2.28. The Kier molecular flexibility index (Phi) is 6.01. The molecule has 1 N–H and O–H groups in total. The predicted molar refractivity (Wildman–Crippen MR) is 123 cm³/mol. The topological polar surface area (TPSA) is 99.0 Å². The Hall–Kier alpha value is -3.56. The van der Waals surface area contributed by atoms with Crippen molar-refractivity contribution in [1.29, 1.82) is 0 Å². The van der Waals surface area contributed by atoms with Gasteiger partial charge in [0.2, 0.25) is 11.3 Å². The van der Waals surface area contributed by atoms with Crippen LogP contribution >= 0.6 is 23.2 Å². The van der Waals surface area contributed by atoms with E-state index in [9.17, 15) is 14.0 Å². The number of aryl methyl sites for hydroxylation is 2. The number of benzene rings is 1. The molecule has 0 saturated heterocycles. The number of hydrogen-bond acceptors (Lipinski definition) is 6. The summed E-state index contributed by atoms with van der Waals surface area (Å²) in [7, 11) is 1.39. The molecule has 4 rings (SSSR count). The van der Waals surface area contributed by atoms with Crippen molar-refractivity contribution in [3.05, 3.63) is 79.6 Å². The van der Waals surface area contributed by atoms with Gasteiger partial charge in [-0.3, -0.25) is 9.59 Å². The Balaban J connectivity index is 1.93. The van der Waals surface area contributed by atoms with Gasteiger partial charge in [0.25, 0.3) is 5.91 Å². The third kappa shape index (κ3) is 4.37. The zero-order valence-electron chi connectivity index (χ0n) is 17.6. The molecule has 1 aromatic carbocycles. The number of nitrogens with zero attached hydrogens (tertiary/aromatic N) is 4. The minimum Gasteiger partial charge on any atom is -0.481 e. The molecule has 0 fully saturated rings. The molecule has 8 nitrogen and oxygen atoms in total. The predicted octanol–water partition coefficient (Wildman–Crippen LogP) is 4.50. The first-order valence-electron chi connectivity index (χ1n) is 9.57. The molecule has 1 amide bonds. The van der Waals surface area contributed by atoms with Gasteiger partial charge in [0, 0.05) is 22.5 Å². The van der Waals surface area contributed by atoms with Crippen LogP contribution < -0.4 is 15.5 Å². The maximum atomic E-state index is 14.8. The Bertz CT molecular complexity index is 1490. The summed E-state index contributed by atoms with van der Waals surface area (Å²) in [6.07, 6.45) is 0. The molecule has 33 heavy (non-hydrogen) atoms. The minimum atomic E-state index is -0.839. The lowest BCUT2D eigenvalue weighted by molar-refractivity contribution is 0.102. The number of aromatic nitrogens is 4. The van der Waals surface area contributed by atoms with Gasteiger partial charge in [-0.1, -0.05) is 23.2 Å². The average molecular weight is 488 g/mol. The van der Waals surface area contributed by atoms with Gasteiger partial charge < -0.3 is 10.1 Å². The van der Waals surface area contributed by atoms with E-state index in [-0.39, 0.29) is 38.5 Å². The second-order valence-electron chi connectivity index (χ2n) is 7.12. The molecule has 3 heterocycles. The molecule has 168 valence electrons. The fourth-order valence-corrected chi connectivity index (χ4v) is 3.52. The van der Waals surface area contributed by atoms with Crippen LogP contribution in [0, 0.1) is 19.7 Å². The SMILES string of the molecule is COc1cc(NC(=O)c2nn(-c3ccc(Cl)cc3F)c3cc(C)c(C)nc3c2=O)cc(Cl)n1. The number of amides is 1. The summed E-state index contributed by atoms with van der Waals surface area (Å²) in [5, 5.41) is 6.99. The largest absolute Gasteiger partial charge is 0.481 e. The van der Waals surface area contributed by atoms with Crippen LogP contribution in [-0.2, 0) is 0 Å². The molecule has 11 heteroatoms. The maximum Gasteiger partial charge on any atom is 0.280 e.